The van der Waals surface area contributed by atoms with E-state index < -0.39 is 40.3 Å². The molecule has 0 aromatic heterocycles. The van der Waals surface area contributed by atoms with E-state index in [0.29, 0.717) is 25.7 Å². The molecule has 4 rings (SSSR count). The maximum atomic E-state index is 13.2. The van der Waals surface area contributed by atoms with Gasteiger partial charge in [0.2, 0.25) is 0 Å². The second-order valence-corrected chi connectivity index (χ2v) is 12.9. The quantitative estimate of drug-likeness (QED) is 0.427. The number of allylic oxidation sites excluding steroid dienone is 1. The highest BCUT2D eigenvalue weighted by Gasteiger charge is 2.67. The molecule has 4 aliphatic carbocycles. The van der Waals surface area contributed by atoms with Crippen LogP contribution in [-0.4, -0.2) is 60.8 Å². The van der Waals surface area contributed by atoms with Gasteiger partial charge in [-0.15, -0.1) is 0 Å². The third-order valence-electron chi connectivity index (χ3n) is 10.5. The maximum absolute atomic E-state index is 13.2. The second-order valence-electron chi connectivity index (χ2n) is 12.9. The summed E-state index contributed by atoms with van der Waals surface area (Å²) in [6.45, 7) is 9.74. The monoisotopic (exact) mass is 464 g/mol. The predicted octanol–water partition coefficient (Wildman–Crippen LogP) is 2.74. The van der Waals surface area contributed by atoms with E-state index in [1.165, 1.54) is 0 Å². The lowest BCUT2D eigenvalue weighted by molar-refractivity contribution is -0.154. The highest BCUT2D eigenvalue weighted by molar-refractivity contribution is 5.95. The zero-order chi connectivity index (χ0) is 24.6. The first-order valence-corrected chi connectivity index (χ1v) is 12.9. The molecule has 6 heteroatoms. The molecule has 0 unspecified atom stereocenters. The van der Waals surface area contributed by atoms with Crippen molar-refractivity contribution in [2.24, 2.45) is 34.5 Å². The van der Waals surface area contributed by atoms with Crippen LogP contribution in [0.2, 0.25) is 0 Å². The van der Waals surface area contributed by atoms with Crippen molar-refractivity contribution in [1.29, 1.82) is 0 Å². The van der Waals surface area contributed by atoms with Gasteiger partial charge < -0.3 is 25.5 Å². The minimum atomic E-state index is -1.10. The number of ketones is 1. The van der Waals surface area contributed by atoms with Crippen LogP contribution >= 0.6 is 0 Å². The standard InChI is InChI=1S/C27H44O6/c1-15(20(28)8-9-24(2,3)32)16-7-11-27(33)18-12-21(29)19-13-22(30)23(31)14-25(19,4)17(18)6-10-26(16,27)5/h12,15-17,19-20,22-23,28,30-33H,6-11,13-14H2,1-5H3/t15-,16+,17-,19-,20-,22-,23-,25+,26+,27+/m0/s1. The topological polar surface area (TPSA) is 118 Å². The Labute approximate surface area is 198 Å². The number of aliphatic hydroxyl groups is 5. The second kappa shape index (κ2) is 8.12. The van der Waals surface area contributed by atoms with Gasteiger partial charge in [-0.3, -0.25) is 4.79 Å². The summed E-state index contributed by atoms with van der Waals surface area (Å²) in [4.78, 5) is 13.2. The van der Waals surface area contributed by atoms with Crippen molar-refractivity contribution in [1.82, 2.24) is 0 Å². The Balaban J connectivity index is 1.62. The molecule has 3 saturated carbocycles. The molecular formula is C27H44O6. The molecule has 10 atom stereocenters. The van der Waals surface area contributed by atoms with Crippen LogP contribution in [0.25, 0.3) is 0 Å². The number of hydrogen-bond acceptors (Lipinski definition) is 6. The Morgan fingerprint density at radius 1 is 1.12 bits per heavy atom. The Hall–Kier alpha value is -0.790. The maximum Gasteiger partial charge on any atom is 0.159 e. The van der Waals surface area contributed by atoms with E-state index in [1.807, 2.05) is 0 Å². The molecule has 3 fully saturated rings. The smallest absolute Gasteiger partial charge is 0.159 e. The lowest BCUT2D eigenvalue weighted by Crippen LogP contribution is -2.61. The number of aliphatic hydroxyl groups excluding tert-OH is 3. The van der Waals surface area contributed by atoms with Gasteiger partial charge in [0, 0.05) is 11.3 Å². The molecule has 5 N–H and O–H groups in total. The molecule has 188 valence electrons. The molecule has 0 radical (unpaired) electrons. The van der Waals surface area contributed by atoms with E-state index in [0.717, 1.165) is 24.8 Å². The predicted molar refractivity (Wildman–Crippen MR) is 125 cm³/mol. The lowest BCUT2D eigenvalue weighted by atomic mass is 9.46. The summed E-state index contributed by atoms with van der Waals surface area (Å²) >= 11 is 0. The molecule has 0 heterocycles. The van der Waals surface area contributed by atoms with Gasteiger partial charge in [-0.25, -0.2) is 0 Å². The molecule has 0 bridgehead atoms. The fourth-order valence-electron chi connectivity index (χ4n) is 8.29. The van der Waals surface area contributed by atoms with Crippen molar-refractivity contribution in [3.05, 3.63) is 11.6 Å². The van der Waals surface area contributed by atoms with Crippen molar-refractivity contribution in [3.8, 4) is 0 Å². The molecule has 33 heavy (non-hydrogen) atoms. The summed E-state index contributed by atoms with van der Waals surface area (Å²) in [5.41, 5.74) is -2.01. The average molecular weight is 465 g/mol. The molecule has 0 aromatic rings. The zero-order valence-electron chi connectivity index (χ0n) is 20.9. The van der Waals surface area contributed by atoms with Crippen LogP contribution in [0.1, 0.15) is 86.0 Å². The molecule has 4 aliphatic rings. The summed E-state index contributed by atoms with van der Waals surface area (Å²) in [7, 11) is 0. The van der Waals surface area contributed by atoms with Gasteiger partial charge in [0.1, 0.15) is 0 Å². The van der Waals surface area contributed by atoms with E-state index in [1.54, 1.807) is 19.9 Å². The van der Waals surface area contributed by atoms with Crippen LogP contribution in [0, 0.1) is 34.5 Å². The average Bonchev–Trinajstić information content (AvgIpc) is 2.99. The van der Waals surface area contributed by atoms with Gasteiger partial charge in [0.15, 0.2) is 5.78 Å². The minimum Gasteiger partial charge on any atom is -0.393 e. The van der Waals surface area contributed by atoms with Gasteiger partial charge in [-0.05, 0) is 100 Å². The Bertz CT molecular complexity index is 816. The number of rotatable bonds is 5. The summed E-state index contributed by atoms with van der Waals surface area (Å²) in [5, 5.41) is 53.9. The lowest BCUT2D eigenvalue weighted by Gasteiger charge is -2.60. The van der Waals surface area contributed by atoms with Gasteiger partial charge in [0.25, 0.3) is 0 Å². The number of hydrogen-bond donors (Lipinski definition) is 5. The van der Waals surface area contributed by atoms with Gasteiger partial charge in [-0.1, -0.05) is 20.8 Å². The molecule has 0 aliphatic heterocycles. The van der Waals surface area contributed by atoms with Gasteiger partial charge in [-0.2, -0.15) is 0 Å². The minimum absolute atomic E-state index is 0.00888. The van der Waals surface area contributed by atoms with Crippen LogP contribution in [0.3, 0.4) is 0 Å². The van der Waals surface area contributed by atoms with E-state index in [-0.39, 0.29) is 35.9 Å². The first-order valence-electron chi connectivity index (χ1n) is 12.9. The fraction of sp³-hybridized carbons (Fsp3) is 0.889. The van der Waals surface area contributed by atoms with E-state index >= 15 is 0 Å². The molecular weight excluding hydrogens is 420 g/mol. The van der Waals surface area contributed by atoms with E-state index in [4.69, 9.17) is 0 Å². The molecule has 0 aromatic carbocycles. The first-order chi connectivity index (χ1) is 15.1. The third-order valence-corrected chi connectivity index (χ3v) is 10.5. The largest absolute Gasteiger partial charge is 0.393 e. The van der Waals surface area contributed by atoms with Crippen LogP contribution in [0.4, 0.5) is 0 Å². The van der Waals surface area contributed by atoms with E-state index in [9.17, 15) is 30.3 Å². The highest BCUT2D eigenvalue weighted by atomic mass is 16.3. The van der Waals surface area contributed by atoms with Crippen LogP contribution in [-0.2, 0) is 4.79 Å². The van der Waals surface area contributed by atoms with Crippen LogP contribution < -0.4 is 0 Å². The molecule has 0 saturated heterocycles. The fourth-order valence-corrected chi connectivity index (χ4v) is 8.29. The SMILES string of the molecule is C[C@@H]([C@H]1CC[C@@]2(O)C3=CC(=O)[C@@H]4C[C@H](O)[C@@H](O)C[C@]4(C)[C@H]3CC[C@]12C)[C@@H](O)CCC(C)(C)O. The summed E-state index contributed by atoms with van der Waals surface area (Å²) in [5.74, 6) is -0.264. The van der Waals surface area contributed by atoms with Crippen molar-refractivity contribution in [2.75, 3.05) is 0 Å². The zero-order valence-corrected chi connectivity index (χ0v) is 20.9. The Kier molecular flexibility index (Phi) is 6.23. The van der Waals surface area contributed by atoms with Crippen LogP contribution in [0.15, 0.2) is 11.6 Å². The molecule has 0 amide bonds. The molecule has 6 nitrogen and oxygen atoms in total. The van der Waals surface area contributed by atoms with Crippen LogP contribution in [0.5, 0.6) is 0 Å². The van der Waals surface area contributed by atoms with Crippen molar-refractivity contribution < 1.29 is 30.3 Å². The highest BCUT2D eigenvalue weighted by Crippen LogP contribution is 2.68. The molecule has 0 spiro atoms. The van der Waals surface area contributed by atoms with Gasteiger partial charge >= 0.3 is 0 Å². The number of carbonyl (C=O) groups excluding carboxylic acids is 1. The van der Waals surface area contributed by atoms with Crippen molar-refractivity contribution in [2.45, 2.75) is 115 Å². The normalized spacial score (nSPS) is 47.3. The Morgan fingerprint density at radius 3 is 2.42 bits per heavy atom. The first kappa shape index (κ1) is 25.3. The van der Waals surface area contributed by atoms with Gasteiger partial charge in [0.05, 0.1) is 29.5 Å². The third kappa shape index (κ3) is 3.85. The number of carbonyl (C=O) groups is 1. The van der Waals surface area contributed by atoms with Crippen molar-refractivity contribution in [3.63, 3.8) is 0 Å². The summed E-state index contributed by atoms with van der Waals surface area (Å²) < 4.78 is 0. The number of fused-ring (bicyclic) bond motifs is 5. The van der Waals surface area contributed by atoms with E-state index in [2.05, 4.69) is 20.8 Å². The summed E-state index contributed by atoms with van der Waals surface area (Å²) in [6.07, 6.45) is 4.06. The summed E-state index contributed by atoms with van der Waals surface area (Å²) in [6, 6.07) is 0. The van der Waals surface area contributed by atoms with Crippen molar-refractivity contribution >= 4 is 5.78 Å². The Morgan fingerprint density at radius 2 is 1.79 bits per heavy atom.